The summed E-state index contributed by atoms with van der Waals surface area (Å²) < 4.78 is 0. The summed E-state index contributed by atoms with van der Waals surface area (Å²) in [6.45, 7) is 3.75. The van der Waals surface area contributed by atoms with Gasteiger partial charge in [-0.1, -0.05) is 18.6 Å². The van der Waals surface area contributed by atoms with Crippen LogP contribution in [0.3, 0.4) is 0 Å². The minimum atomic E-state index is 0.904. The molecule has 3 nitrogen and oxygen atoms in total. The monoisotopic (exact) mass is 248 g/mol. The summed E-state index contributed by atoms with van der Waals surface area (Å²) in [4.78, 5) is 8.06. The van der Waals surface area contributed by atoms with Gasteiger partial charge in [-0.2, -0.15) is 5.06 Å². The number of piperidine rings is 1. The van der Waals surface area contributed by atoms with Crippen molar-refractivity contribution in [3.05, 3.63) is 29.8 Å². The molecule has 1 aromatic carbocycles. The Kier molecular flexibility index (Phi) is 5.02. The summed E-state index contributed by atoms with van der Waals surface area (Å²) >= 11 is 0. The van der Waals surface area contributed by atoms with Crippen LogP contribution in [-0.4, -0.2) is 43.7 Å². The third-order valence-corrected chi connectivity index (χ3v) is 3.38. The summed E-state index contributed by atoms with van der Waals surface area (Å²) in [5.74, 6) is 0.904. The maximum Gasteiger partial charge on any atom is 0.147 e. The van der Waals surface area contributed by atoms with E-state index in [0.717, 1.165) is 12.2 Å². The highest BCUT2D eigenvalue weighted by Gasteiger charge is 2.09. The van der Waals surface area contributed by atoms with Crippen molar-refractivity contribution in [2.75, 3.05) is 33.7 Å². The lowest BCUT2D eigenvalue weighted by Crippen LogP contribution is -2.31. The number of likely N-dealkylation sites (tertiary alicyclic amines) is 1. The molecule has 1 heterocycles. The molecule has 100 valence electrons. The molecular weight excluding hydrogens is 224 g/mol. The van der Waals surface area contributed by atoms with Gasteiger partial charge in [-0.05, 0) is 50.0 Å². The van der Waals surface area contributed by atoms with Gasteiger partial charge in [-0.3, -0.25) is 0 Å². The SMILES string of the molecule is CN(C)Oc1ccc(CCN2CCCCC2)cc1. The molecule has 0 aliphatic carbocycles. The molecule has 1 aliphatic heterocycles. The van der Waals surface area contributed by atoms with Crippen molar-refractivity contribution >= 4 is 0 Å². The molecule has 0 saturated carbocycles. The molecule has 3 heteroatoms. The molecule has 0 radical (unpaired) electrons. The number of benzene rings is 1. The molecule has 1 aliphatic rings. The Hall–Kier alpha value is -1.06. The van der Waals surface area contributed by atoms with E-state index in [1.54, 1.807) is 5.06 Å². The number of hydroxylamine groups is 2. The Morgan fingerprint density at radius 1 is 1.06 bits per heavy atom. The summed E-state index contributed by atoms with van der Waals surface area (Å²) in [7, 11) is 3.79. The Balaban J connectivity index is 1.78. The number of hydrogen-bond acceptors (Lipinski definition) is 3. The highest BCUT2D eigenvalue weighted by Crippen LogP contribution is 2.14. The highest BCUT2D eigenvalue weighted by atomic mass is 16.7. The summed E-state index contributed by atoms with van der Waals surface area (Å²) in [5, 5.41) is 1.71. The fourth-order valence-corrected chi connectivity index (χ4v) is 2.40. The second kappa shape index (κ2) is 6.76. The van der Waals surface area contributed by atoms with Crippen LogP contribution >= 0.6 is 0 Å². The number of hydrogen-bond donors (Lipinski definition) is 0. The van der Waals surface area contributed by atoms with E-state index >= 15 is 0 Å². The van der Waals surface area contributed by atoms with Gasteiger partial charge < -0.3 is 9.74 Å². The zero-order valence-electron chi connectivity index (χ0n) is 11.6. The van der Waals surface area contributed by atoms with Gasteiger partial charge >= 0.3 is 0 Å². The van der Waals surface area contributed by atoms with Gasteiger partial charge in [0.2, 0.25) is 0 Å². The van der Waals surface area contributed by atoms with E-state index in [4.69, 9.17) is 4.84 Å². The minimum Gasteiger partial charge on any atom is -0.407 e. The first-order chi connectivity index (χ1) is 8.74. The van der Waals surface area contributed by atoms with E-state index < -0.39 is 0 Å². The van der Waals surface area contributed by atoms with Gasteiger partial charge in [0.1, 0.15) is 5.75 Å². The van der Waals surface area contributed by atoms with Crippen LogP contribution in [0.4, 0.5) is 0 Å². The normalized spacial score (nSPS) is 17.1. The van der Waals surface area contributed by atoms with E-state index in [1.165, 1.54) is 44.5 Å². The van der Waals surface area contributed by atoms with E-state index in [-0.39, 0.29) is 0 Å². The molecule has 0 atom stereocenters. The maximum absolute atomic E-state index is 5.49. The topological polar surface area (TPSA) is 15.7 Å². The average molecular weight is 248 g/mol. The summed E-state index contributed by atoms with van der Waals surface area (Å²) in [5.41, 5.74) is 1.40. The van der Waals surface area contributed by atoms with Crippen molar-refractivity contribution in [3.63, 3.8) is 0 Å². The molecule has 1 saturated heterocycles. The van der Waals surface area contributed by atoms with E-state index in [9.17, 15) is 0 Å². The smallest absolute Gasteiger partial charge is 0.147 e. The minimum absolute atomic E-state index is 0.904. The molecule has 0 amide bonds. The fourth-order valence-electron chi connectivity index (χ4n) is 2.40. The van der Waals surface area contributed by atoms with Gasteiger partial charge in [0.15, 0.2) is 0 Å². The largest absolute Gasteiger partial charge is 0.407 e. The van der Waals surface area contributed by atoms with Crippen molar-refractivity contribution in [1.82, 2.24) is 9.96 Å². The first-order valence-electron chi connectivity index (χ1n) is 6.90. The van der Waals surface area contributed by atoms with Gasteiger partial charge in [0.25, 0.3) is 0 Å². The van der Waals surface area contributed by atoms with Gasteiger partial charge in [0.05, 0.1) is 0 Å². The zero-order chi connectivity index (χ0) is 12.8. The van der Waals surface area contributed by atoms with E-state index in [2.05, 4.69) is 17.0 Å². The lowest BCUT2D eigenvalue weighted by Gasteiger charge is -2.26. The van der Waals surface area contributed by atoms with Crippen molar-refractivity contribution in [1.29, 1.82) is 0 Å². The van der Waals surface area contributed by atoms with Crippen LogP contribution in [0.1, 0.15) is 24.8 Å². The third kappa shape index (κ3) is 4.31. The van der Waals surface area contributed by atoms with Crippen LogP contribution in [0.25, 0.3) is 0 Å². The molecular formula is C15H24N2O. The van der Waals surface area contributed by atoms with Gasteiger partial charge in [0, 0.05) is 20.6 Å². The molecule has 0 aromatic heterocycles. The van der Waals surface area contributed by atoms with Crippen LogP contribution in [-0.2, 0) is 6.42 Å². The fraction of sp³-hybridized carbons (Fsp3) is 0.600. The Morgan fingerprint density at radius 2 is 1.72 bits per heavy atom. The molecule has 0 spiro atoms. The van der Waals surface area contributed by atoms with Crippen molar-refractivity contribution < 1.29 is 4.84 Å². The number of nitrogens with zero attached hydrogens (tertiary/aromatic N) is 2. The van der Waals surface area contributed by atoms with Gasteiger partial charge in [-0.25, -0.2) is 0 Å². The summed E-state index contributed by atoms with van der Waals surface area (Å²) in [6, 6.07) is 8.43. The van der Waals surface area contributed by atoms with Crippen LogP contribution in [0.5, 0.6) is 5.75 Å². The van der Waals surface area contributed by atoms with Crippen molar-refractivity contribution in [3.8, 4) is 5.75 Å². The molecule has 2 rings (SSSR count). The lowest BCUT2D eigenvalue weighted by atomic mass is 10.1. The van der Waals surface area contributed by atoms with Crippen LogP contribution in [0.15, 0.2) is 24.3 Å². The molecule has 0 unspecified atom stereocenters. The Labute approximate surface area is 110 Å². The van der Waals surface area contributed by atoms with Crippen molar-refractivity contribution in [2.45, 2.75) is 25.7 Å². The van der Waals surface area contributed by atoms with Crippen molar-refractivity contribution in [2.24, 2.45) is 0 Å². The predicted molar refractivity (Wildman–Crippen MR) is 74.8 cm³/mol. The predicted octanol–water partition coefficient (Wildman–Crippen LogP) is 2.57. The first kappa shape index (κ1) is 13.4. The maximum atomic E-state index is 5.49. The molecule has 1 aromatic rings. The van der Waals surface area contributed by atoms with Crippen LogP contribution in [0.2, 0.25) is 0 Å². The zero-order valence-corrected chi connectivity index (χ0v) is 11.6. The van der Waals surface area contributed by atoms with Crippen LogP contribution in [0, 0.1) is 0 Å². The Bertz CT molecular complexity index is 342. The summed E-state index contributed by atoms with van der Waals surface area (Å²) in [6.07, 6.45) is 5.29. The average Bonchev–Trinajstić information content (AvgIpc) is 2.38. The molecule has 18 heavy (non-hydrogen) atoms. The first-order valence-corrected chi connectivity index (χ1v) is 6.90. The second-order valence-corrected chi connectivity index (χ2v) is 5.20. The molecule has 1 fully saturated rings. The van der Waals surface area contributed by atoms with Crippen LogP contribution < -0.4 is 4.84 Å². The number of rotatable bonds is 5. The Morgan fingerprint density at radius 3 is 2.33 bits per heavy atom. The lowest BCUT2D eigenvalue weighted by molar-refractivity contribution is -0.00327. The van der Waals surface area contributed by atoms with Gasteiger partial charge in [-0.15, -0.1) is 0 Å². The standard InChI is InChI=1S/C15H24N2O/c1-16(2)18-15-8-6-14(7-9-15)10-13-17-11-4-3-5-12-17/h6-9H,3-5,10-13H2,1-2H3. The quantitative estimate of drug-likeness (QED) is 0.745. The molecule has 0 N–H and O–H groups in total. The van der Waals surface area contributed by atoms with E-state index in [1.807, 2.05) is 26.2 Å². The second-order valence-electron chi connectivity index (χ2n) is 5.20. The molecule has 0 bridgehead atoms. The highest BCUT2D eigenvalue weighted by molar-refractivity contribution is 5.27. The third-order valence-electron chi connectivity index (χ3n) is 3.38. The van der Waals surface area contributed by atoms with E-state index in [0.29, 0.717) is 0 Å².